The smallest absolute Gasteiger partial charge is 0.239 e. The van der Waals surface area contributed by atoms with Crippen LogP contribution >= 0.6 is 0 Å². The van der Waals surface area contributed by atoms with E-state index >= 15 is 0 Å². The van der Waals surface area contributed by atoms with Gasteiger partial charge in [-0.3, -0.25) is 9.59 Å². The molecule has 2 aliphatic rings. The number of carbonyl (C=O) groups excluding carboxylic acids is 2. The highest BCUT2D eigenvalue weighted by Gasteiger charge is 2.39. The molecule has 1 atom stereocenters. The zero-order valence-electron chi connectivity index (χ0n) is 14.5. The van der Waals surface area contributed by atoms with Gasteiger partial charge in [-0.25, -0.2) is 0 Å². The summed E-state index contributed by atoms with van der Waals surface area (Å²) in [6, 6.07) is 9.01. The normalized spacial score (nSPS) is 18.9. The van der Waals surface area contributed by atoms with Crippen molar-refractivity contribution in [1.29, 1.82) is 0 Å². The van der Waals surface area contributed by atoms with E-state index in [1.54, 1.807) is 36.4 Å². The van der Waals surface area contributed by atoms with Gasteiger partial charge in [0.2, 0.25) is 11.8 Å². The summed E-state index contributed by atoms with van der Waals surface area (Å²) >= 11 is 0. The van der Waals surface area contributed by atoms with Crippen LogP contribution in [0.15, 0.2) is 41.0 Å². The minimum atomic E-state index is -0.664. The fraction of sp³-hybridized carbons (Fsp3) is 0.368. The Labute approximate surface area is 151 Å². The fourth-order valence-corrected chi connectivity index (χ4v) is 3.35. The third kappa shape index (κ3) is 3.00. The summed E-state index contributed by atoms with van der Waals surface area (Å²) in [6.07, 6.45) is 2.06. The number of ether oxygens (including phenoxy) is 2. The van der Waals surface area contributed by atoms with E-state index in [2.05, 4.69) is 0 Å². The maximum atomic E-state index is 12.8. The molecule has 0 aliphatic carbocycles. The van der Waals surface area contributed by atoms with Crippen molar-refractivity contribution in [2.45, 2.75) is 13.0 Å². The lowest BCUT2D eigenvalue weighted by Gasteiger charge is -2.23. The highest BCUT2D eigenvalue weighted by Crippen LogP contribution is 2.36. The molecule has 2 amide bonds. The Morgan fingerprint density at radius 1 is 1.23 bits per heavy atom. The molecule has 0 N–H and O–H groups in total. The predicted molar refractivity (Wildman–Crippen MR) is 93.1 cm³/mol. The number of anilines is 1. The zero-order valence-corrected chi connectivity index (χ0v) is 14.5. The van der Waals surface area contributed by atoms with E-state index in [0.717, 1.165) is 5.69 Å². The summed E-state index contributed by atoms with van der Waals surface area (Å²) < 4.78 is 16.4. The van der Waals surface area contributed by atoms with E-state index < -0.39 is 5.92 Å². The lowest BCUT2D eigenvalue weighted by Crippen LogP contribution is -2.37. The maximum absolute atomic E-state index is 12.8. The maximum Gasteiger partial charge on any atom is 0.239 e. The number of hydrogen-bond acceptors (Lipinski definition) is 5. The molecular formula is C19H20N2O5. The second-order valence-electron chi connectivity index (χ2n) is 6.43. The second kappa shape index (κ2) is 6.74. The predicted octanol–water partition coefficient (Wildman–Crippen LogP) is 2.06. The average molecular weight is 356 g/mol. The molecule has 0 radical (unpaired) electrons. The molecule has 0 spiro atoms. The van der Waals surface area contributed by atoms with E-state index in [0.29, 0.717) is 50.0 Å². The minimum absolute atomic E-state index is 0.182. The van der Waals surface area contributed by atoms with E-state index in [1.807, 2.05) is 12.1 Å². The molecule has 0 saturated carbocycles. The molecule has 1 aromatic carbocycles. The monoisotopic (exact) mass is 356 g/mol. The number of amides is 2. The van der Waals surface area contributed by atoms with Crippen LogP contribution in [-0.2, 0) is 16.1 Å². The van der Waals surface area contributed by atoms with Gasteiger partial charge in [0.15, 0.2) is 11.5 Å². The van der Waals surface area contributed by atoms with Gasteiger partial charge in [-0.1, -0.05) is 0 Å². The van der Waals surface area contributed by atoms with Crippen LogP contribution in [0.1, 0.15) is 12.2 Å². The molecule has 2 aromatic rings. The summed E-state index contributed by atoms with van der Waals surface area (Å²) in [7, 11) is 1.69. The quantitative estimate of drug-likeness (QED) is 0.784. The molecule has 1 saturated heterocycles. The molecule has 7 nitrogen and oxygen atoms in total. The van der Waals surface area contributed by atoms with Gasteiger partial charge in [-0.05, 0) is 30.7 Å². The van der Waals surface area contributed by atoms with Gasteiger partial charge < -0.3 is 23.7 Å². The van der Waals surface area contributed by atoms with Crippen LogP contribution in [0.4, 0.5) is 5.69 Å². The van der Waals surface area contributed by atoms with Crippen molar-refractivity contribution < 1.29 is 23.5 Å². The topological polar surface area (TPSA) is 72.2 Å². The first-order valence-corrected chi connectivity index (χ1v) is 8.62. The third-order valence-electron chi connectivity index (χ3n) is 4.69. The number of benzene rings is 1. The van der Waals surface area contributed by atoms with Crippen LogP contribution in [0.5, 0.6) is 11.5 Å². The summed E-state index contributed by atoms with van der Waals surface area (Å²) in [5, 5.41) is 0. The minimum Gasteiger partial charge on any atom is -0.486 e. The number of carbonyl (C=O) groups is 2. The van der Waals surface area contributed by atoms with Gasteiger partial charge in [0.25, 0.3) is 0 Å². The van der Waals surface area contributed by atoms with Crippen molar-refractivity contribution in [2.24, 2.45) is 5.92 Å². The number of rotatable bonds is 4. The van der Waals surface area contributed by atoms with Gasteiger partial charge in [0, 0.05) is 25.3 Å². The number of fused-ring (bicyclic) bond motifs is 1. The molecule has 136 valence electrons. The van der Waals surface area contributed by atoms with Gasteiger partial charge in [0.05, 0.1) is 12.8 Å². The van der Waals surface area contributed by atoms with Crippen molar-refractivity contribution in [3.8, 4) is 11.5 Å². The van der Waals surface area contributed by atoms with Crippen molar-refractivity contribution in [2.75, 3.05) is 31.7 Å². The molecule has 1 fully saturated rings. The molecule has 7 heteroatoms. The molecule has 3 heterocycles. The van der Waals surface area contributed by atoms with Crippen molar-refractivity contribution >= 4 is 17.5 Å². The second-order valence-corrected chi connectivity index (χ2v) is 6.43. The van der Waals surface area contributed by atoms with Gasteiger partial charge in [-0.2, -0.15) is 0 Å². The van der Waals surface area contributed by atoms with Crippen molar-refractivity contribution in [3.63, 3.8) is 0 Å². The van der Waals surface area contributed by atoms with Crippen molar-refractivity contribution in [1.82, 2.24) is 4.90 Å². The zero-order chi connectivity index (χ0) is 18.1. The first kappa shape index (κ1) is 16.5. The van der Waals surface area contributed by atoms with E-state index in [9.17, 15) is 9.59 Å². The number of furan rings is 1. The Kier molecular flexibility index (Phi) is 4.28. The van der Waals surface area contributed by atoms with Gasteiger partial charge >= 0.3 is 0 Å². The molecule has 2 aliphatic heterocycles. The van der Waals surface area contributed by atoms with Gasteiger partial charge in [0.1, 0.15) is 24.9 Å². The first-order chi connectivity index (χ1) is 12.6. The Morgan fingerprint density at radius 2 is 2.04 bits per heavy atom. The molecule has 1 unspecified atom stereocenters. The number of hydrogen-bond donors (Lipinski definition) is 0. The standard InChI is InChI=1S/C19H20N2O5/c1-20(12-14-3-2-8-24-14)18(22)15-6-7-21(19(15)23)13-4-5-16-17(11-13)26-10-9-25-16/h2-5,8,11,15H,6-7,9-10,12H2,1H3. The Balaban J connectivity index is 1.46. The van der Waals surface area contributed by atoms with Crippen LogP contribution in [0.25, 0.3) is 0 Å². The molecule has 26 heavy (non-hydrogen) atoms. The number of nitrogens with zero attached hydrogens (tertiary/aromatic N) is 2. The largest absolute Gasteiger partial charge is 0.486 e. The van der Waals surface area contributed by atoms with Crippen LogP contribution < -0.4 is 14.4 Å². The van der Waals surface area contributed by atoms with Crippen LogP contribution in [0, 0.1) is 5.92 Å². The van der Waals surface area contributed by atoms with E-state index in [4.69, 9.17) is 13.9 Å². The summed E-state index contributed by atoms with van der Waals surface area (Å²) in [5.41, 5.74) is 0.725. The molecular weight excluding hydrogens is 336 g/mol. The highest BCUT2D eigenvalue weighted by atomic mass is 16.6. The van der Waals surface area contributed by atoms with Gasteiger partial charge in [-0.15, -0.1) is 0 Å². The van der Waals surface area contributed by atoms with Crippen LogP contribution in [-0.4, -0.2) is 43.5 Å². The Hall–Kier alpha value is -2.96. The summed E-state index contributed by atoms with van der Waals surface area (Å²) in [4.78, 5) is 28.7. The van der Waals surface area contributed by atoms with E-state index in [1.165, 1.54) is 4.90 Å². The summed E-state index contributed by atoms with van der Waals surface area (Å²) in [6.45, 7) is 1.86. The van der Waals surface area contributed by atoms with Crippen LogP contribution in [0.3, 0.4) is 0 Å². The lowest BCUT2D eigenvalue weighted by atomic mass is 10.1. The lowest BCUT2D eigenvalue weighted by molar-refractivity contribution is -0.139. The summed E-state index contributed by atoms with van der Waals surface area (Å²) in [5.74, 6) is 0.964. The fourth-order valence-electron chi connectivity index (χ4n) is 3.35. The highest BCUT2D eigenvalue weighted by molar-refractivity contribution is 6.09. The molecule has 4 rings (SSSR count). The first-order valence-electron chi connectivity index (χ1n) is 8.62. The third-order valence-corrected chi connectivity index (χ3v) is 4.69. The molecule has 0 bridgehead atoms. The Bertz CT molecular complexity index is 817. The molecule has 1 aromatic heterocycles. The van der Waals surface area contributed by atoms with Crippen LogP contribution in [0.2, 0.25) is 0 Å². The van der Waals surface area contributed by atoms with Crippen molar-refractivity contribution in [3.05, 3.63) is 42.4 Å². The Morgan fingerprint density at radius 3 is 2.81 bits per heavy atom. The SMILES string of the molecule is CN(Cc1ccco1)C(=O)C1CCN(c2ccc3c(c2)OCCO3)C1=O. The van der Waals surface area contributed by atoms with E-state index in [-0.39, 0.29) is 11.8 Å². The average Bonchev–Trinajstić information content (AvgIpc) is 3.30.